The smallest absolute Gasteiger partial charge is 0.254 e. The Morgan fingerprint density at radius 3 is 3.09 bits per heavy atom. The molecule has 0 fully saturated rings. The van der Waals surface area contributed by atoms with Gasteiger partial charge in [0, 0.05) is 21.3 Å². The van der Waals surface area contributed by atoms with Gasteiger partial charge in [-0.05, 0) is 52.2 Å². The first-order chi connectivity index (χ1) is 10.5. The van der Waals surface area contributed by atoms with Crippen LogP contribution in [-0.4, -0.2) is 16.6 Å². The molecular formula is C15H11BrClFN2OS. The third-order valence-corrected chi connectivity index (χ3v) is 5.22. The Balaban J connectivity index is 1.87. The van der Waals surface area contributed by atoms with Gasteiger partial charge < -0.3 is 5.32 Å². The van der Waals surface area contributed by atoms with Gasteiger partial charge in [0.05, 0.1) is 11.6 Å². The number of thioether (sulfide) groups is 1. The SMILES string of the molecule is O=C(NC1CCSc2ccc(F)cc21)c1cc(Br)cnc1Cl. The number of fused-ring (bicyclic) bond motifs is 1. The van der Waals surface area contributed by atoms with Gasteiger partial charge in [-0.3, -0.25) is 4.79 Å². The number of hydrogen-bond acceptors (Lipinski definition) is 3. The second-order valence-corrected chi connectivity index (χ2v) is 7.25. The molecule has 1 aromatic heterocycles. The van der Waals surface area contributed by atoms with Crippen LogP contribution in [0.1, 0.15) is 28.4 Å². The van der Waals surface area contributed by atoms with Crippen LogP contribution in [0.3, 0.4) is 0 Å². The summed E-state index contributed by atoms with van der Waals surface area (Å²) < 4.78 is 14.2. The largest absolute Gasteiger partial charge is 0.345 e. The summed E-state index contributed by atoms with van der Waals surface area (Å²) in [6.07, 6.45) is 2.27. The van der Waals surface area contributed by atoms with Crippen molar-refractivity contribution >= 4 is 45.2 Å². The molecule has 1 atom stereocenters. The Morgan fingerprint density at radius 1 is 1.45 bits per heavy atom. The van der Waals surface area contributed by atoms with Gasteiger partial charge in [0.25, 0.3) is 5.91 Å². The molecule has 1 N–H and O–H groups in total. The normalized spacial score (nSPS) is 17.0. The minimum atomic E-state index is -0.314. The monoisotopic (exact) mass is 400 g/mol. The number of rotatable bonds is 2. The average Bonchev–Trinajstić information content (AvgIpc) is 2.50. The Bertz CT molecular complexity index is 743. The minimum Gasteiger partial charge on any atom is -0.345 e. The van der Waals surface area contributed by atoms with Crippen molar-refractivity contribution in [1.82, 2.24) is 10.3 Å². The summed E-state index contributed by atoms with van der Waals surface area (Å²) in [6, 6.07) is 6.06. The number of pyridine rings is 1. The van der Waals surface area contributed by atoms with Gasteiger partial charge in [-0.1, -0.05) is 11.6 Å². The van der Waals surface area contributed by atoms with Gasteiger partial charge in [0.1, 0.15) is 11.0 Å². The Morgan fingerprint density at radius 2 is 2.27 bits per heavy atom. The van der Waals surface area contributed by atoms with E-state index in [2.05, 4.69) is 26.2 Å². The van der Waals surface area contributed by atoms with Crippen molar-refractivity contribution in [2.45, 2.75) is 17.4 Å². The van der Waals surface area contributed by atoms with Gasteiger partial charge in [0.2, 0.25) is 0 Å². The van der Waals surface area contributed by atoms with Crippen molar-refractivity contribution in [2.75, 3.05) is 5.75 Å². The van der Waals surface area contributed by atoms with Gasteiger partial charge in [-0.2, -0.15) is 0 Å². The zero-order chi connectivity index (χ0) is 15.7. The fourth-order valence-electron chi connectivity index (χ4n) is 2.33. The van der Waals surface area contributed by atoms with E-state index in [1.165, 1.54) is 18.3 Å². The molecule has 1 aromatic carbocycles. The third kappa shape index (κ3) is 3.29. The summed E-state index contributed by atoms with van der Waals surface area (Å²) in [4.78, 5) is 17.4. The van der Waals surface area contributed by atoms with Crippen LogP contribution in [0.5, 0.6) is 0 Å². The molecule has 0 aliphatic carbocycles. The van der Waals surface area contributed by atoms with E-state index < -0.39 is 0 Å². The summed E-state index contributed by atoms with van der Waals surface area (Å²) in [5.74, 6) is 0.252. The highest BCUT2D eigenvalue weighted by molar-refractivity contribution is 9.10. The molecule has 0 radical (unpaired) electrons. The minimum absolute atomic E-state index is 0.144. The fourth-order valence-corrected chi connectivity index (χ4v) is 3.96. The number of halogens is 3. The molecule has 0 saturated carbocycles. The van der Waals surface area contributed by atoms with E-state index in [4.69, 9.17) is 11.6 Å². The highest BCUT2D eigenvalue weighted by atomic mass is 79.9. The van der Waals surface area contributed by atoms with Crippen molar-refractivity contribution < 1.29 is 9.18 Å². The van der Waals surface area contributed by atoms with Gasteiger partial charge >= 0.3 is 0 Å². The van der Waals surface area contributed by atoms with Gasteiger partial charge in [0.15, 0.2) is 0 Å². The van der Waals surface area contributed by atoms with Crippen LogP contribution >= 0.6 is 39.3 Å². The van der Waals surface area contributed by atoms with E-state index in [1.807, 2.05) is 0 Å². The van der Waals surface area contributed by atoms with Crippen LogP contribution in [0.15, 0.2) is 39.8 Å². The quantitative estimate of drug-likeness (QED) is 0.748. The zero-order valence-corrected chi connectivity index (χ0v) is 14.4. The van der Waals surface area contributed by atoms with Crippen molar-refractivity contribution in [1.29, 1.82) is 0 Å². The Kier molecular flexibility index (Phi) is 4.70. The summed E-state index contributed by atoms with van der Waals surface area (Å²) in [5, 5.41) is 3.07. The van der Waals surface area contributed by atoms with Crippen LogP contribution in [0.2, 0.25) is 5.15 Å². The van der Waals surface area contributed by atoms with Crippen LogP contribution in [0.25, 0.3) is 0 Å². The highest BCUT2D eigenvalue weighted by Gasteiger charge is 2.24. The lowest BCUT2D eigenvalue weighted by Gasteiger charge is -2.26. The van der Waals surface area contributed by atoms with Crippen molar-refractivity contribution in [3.8, 4) is 0 Å². The maximum atomic E-state index is 13.5. The molecule has 22 heavy (non-hydrogen) atoms. The molecule has 1 amide bonds. The molecule has 2 heterocycles. The van der Waals surface area contributed by atoms with Crippen molar-refractivity contribution in [2.24, 2.45) is 0 Å². The van der Waals surface area contributed by atoms with E-state index in [-0.39, 0.29) is 22.9 Å². The van der Waals surface area contributed by atoms with Crippen LogP contribution in [0, 0.1) is 5.82 Å². The molecular weight excluding hydrogens is 391 g/mol. The Labute approximate surface area is 144 Å². The van der Waals surface area contributed by atoms with Crippen LogP contribution in [-0.2, 0) is 0 Å². The van der Waals surface area contributed by atoms with E-state index in [1.54, 1.807) is 23.9 Å². The van der Waals surface area contributed by atoms with Gasteiger partial charge in [-0.25, -0.2) is 9.37 Å². The van der Waals surface area contributed by atoms with E-state index in [0.717, 1.165) is 22.6 Å². The molecule has 7 heteroatoms. The van der Waals surface area contributed by atoms with E-state index >= 15 is 0 Å². The average molecular weight is 402 g/mol. The molecule has 2 aromatic rings. The van der Waals surface area contributed by atoms with Crippen molar-refractivity contribution in [3.05, 3.63) is 57.0 Å². The molecule has 3 rings (SSSR count). The second kappa shape index (κ2) is 6.56. The molecule has 3 nitrogen and oxygen atoms in total. The van der Waals surface area contributed by atoms with E-state index in [0.29, 0.717) is 10.0 Å². The number of benzene rings is 1. The molecule has 114 valence electrons. The molecule has 1 aliphatic rings. The molecule has 0 bridgehead atoms. The van der Waals surface area contributed by atoms with Crippen LogP contribution in [0.4, 0.5) is 4.39 Å². The number of nitrogens with zero attached hydrogens (tertiary/aromatic N) is 1. The molecule has 1 aliphatic heterocycles. The maximum absolute atomic E-state index is 13.5. The lowest BCUT2D eigenvalue weighted by atomic mass is 10.0. The number of nitrogens with one attached hydrogen (secondary N) is 1. The number of carbonyl (C=O) groups is 1. The predicted molar refractivity (Wildman–Crippen MR) is 88.9 cm³/mol. The van der Waals surface area contributed by atoms with Crippen molar-refractivity contribution in [3.63, 3.8) is 0 Å². The topological polar surface area (TPSA) is 42.0 Å². The number of aromatic nitrogens is 1. The number of carbonyl (C=O) groups excluding carboxylic acids is 1. The Hall–Kier alpha value is -1.11. The molecule has 0 spiro atoms. The number of amides is 1. The summed E-state index contributed by atoms with van der Waals surface area (Å²) >= 11 is 10.9. The van der Waals surface area contributed by atoms with Crippen LogP contribution < -0.4 is 5.32 Å². The number of hydrogen-bond donors (Lipinski definition) is 1. The predicted octanol–water partition coefficient (Wildman–Crippen LogP) is 4.60. The van der Waals surface area contributed by atoms with E-state index in [9.17, 15) is 9.18 Å². The first-order valence-corrected chi connectivity index (χ1v) is 8.74. The summed E-state index contributed by atoms with van der Waals surface area (Å²) in [5.41, 5.74) is 1.11. The fraction of sp³-hybridized carbons (Fsp3) is 0.200. The molecule has 1 unspecified atom stereocenters. The maximum Gasteiger partial charge on any atom is 0.254 e. The van der Waals surface area contributed by atoms with Gasteiger partial charge in [-0.15, -0.1) is 11.8 Å². The highest BCUT2D eigenvalue weighted by Crippen LogP contribution is 2.36. The summed E-state index contributed by atoms with van der Waals surface area (Å²) in [6.45, 7) is 0. The third-order valence-electron chi connectivity index (χ3n) is 3.37. The standard InChI is InChI=1S/C15H11BrClFN2OS/c16-8-5-11(14(17)19-7-8)15(21)20-12-3-4-22-13-2-1-9(18)6-10(12)13/h1-2,5-7,12H,3-4H2,(H,20,21). The zero-order valence-electron chi connectivity index (χ0n) is 11.3. The molecule has 0 saturated heterocycles. The first-order valence-electron chi connectivity index (χ1n) is 6.59. The lowest BCUT2D eigenvalue weighted by Crippen LogP contribution is -2.31. The second-order valence-electron chi connectivity index (χ2n) is 4.84. The summed E-state index contributed by atoms with van der Waals surface area (Å²) in [7, 11) is 0. The lowest BCUT2D eigenvalue weighted by molar-refractivity contribution is 0.0934. The first kappa shape index (κ1) is 15.8.